The van der Waals surface area contributed by atoms with E-state index in [4.69, 9.17) is 0 Å². The Kier molecular flexibility index (Phi) is 7.90. The lowest BCUT2D eigenvalue weighted by molar-refractivity contribution is -0.137. The standard InChI is InChI=1S/C24H29F2N3O3S/c25-24(26)32-20-9-5-4-8-18(20)14-27-21(30)19-15-33-22(28-19)16-10-12-29(13-11-16)23(31)17-6-2-1-3-7-17/h4-5,8-9,15-17,24H,1-3,6-7,10-14H2,(H,27,30). The number of para-hydroxylation sites is 1. The summed E-state index contributed by atoms with van der Waals surface area (Å²) in [6, 6.07) is 6.38. The van der Waals surface area contributed by atoms with Gasteiger partial charge < -0.3 is 15.0 Å². The van der Waals surface area contributed by atoms with Crippen LogP contribution in [0.15, 0.2) is 29.6 Å². The Hall–Kier alpha value is -2.55. The minimum atomic E-state index is -2.92. The van der Waals surface area contributed by atoms with Gasteiger partial charge in [0.25, 0.3) is 5.91 Å². The third kappa shape index (κ3) is 6.07. The van der Waals surface area contributed by atoms with Gasteiger partial charge in [-0.05, 0) is 31.7 Å². The molecule has 2 amide bonds. The molecule has 1 aliphatic carbocycles. The molecular formula is C24H29F2N3O3S. The second-order valence-electron chi connectivity index (χ2n) is 8.67. The van der Waals surface area contributed by atoms with E-state index in [1.54, 1.807) is 23.6 Å². The highest BCUT2D eigenvalue weighted by molar-refractivity contribution is 7.09. The van der Waals surface area contributed by atoms with Gasteiger partial charge in [0, 0.05) is 42.4 Å². The zero-order valence-electron chi connectivity index (χ0n) is 18.5. The lowest BCUT2D eigenvalue weighted by Gasteiger charge is -2.34. The summed E-state index contributed by atoms with van der Waals surface area (Å²) < 4.78 is 29.6. The Morgan fingerprint density at radius 1 is 1.12 bits per heavy atom. The van der Waals surface area contributed by atoms with E-state index in [1.165, 1.54) is 23.8 Å². The first-order valence-electron chi connectivity index (χ1n) is 11.6. The van der Waals surface area contributed by atoms with Crippen molar-refractivity contribution in [2.24, 2.45) is 5.92 Å². The van der Waals surface area contributed by atoms with Crippen LogP contribution in [0.3, 0.4) is 0 Å². The van der Waals surface area contributed by atoms with Gasteiger partial charge in [-0.15, -0.1) is 11.3 Å². The molecule has 6 nitrogen and oxygen atoms in total. The van der Waals surface area contributed by atoms with Crippen LogP contribution in [-0.2, 0) is 11.3 Å². The number of alkyl halides is 2. The molecule has 0 bridgehead atoms. The molecule has 1 saturated carbocycles. The number of nitrogens with one attached hydrogen (secondary N) is 1. The molecule has 33 heavy (non-hydrogen) atoms. The number of piperidine rings is 1. The number of benzene rings is 1. The summed E-state index contributed by atoms with van der Waals surface area (Å²) in [5, 5.41) is 5.37. The predicted octanol–water partition coefficient (Wildman–Crippen LogP) is 4.96. The molecule has 1 N–H and O–H groups in total. The quantitative estimate of drug-likeness (QED) is 0.612. The van der Waals surface area contributed by atoms with Crippen molar-refractivity contribution in [3.63, 3.8) is 0 Å². The van der Waals surface area contributed by atoms with E-state index in [9.17, 15) is 18.4 Å². The molecule has 0 radical (unpaired) electrons. The molecule has 1 saturated heterocycles. The highest BCUT2D eigenvalue weighted by Crippen LogP contribution is 2.32. The maximum absolute atomic E-state index is 12.8. The van der Waals surface area contributed by atoms with Gasteiger partial charge in [-0.25, -0.2) is 4.98 Å². The highest BCUT2D eigenvalue weighted by Gasteiger charge is 2.30. The predicted molar refractivity (Wildman–Crippen MR) is 121 cm³/mol. The van der Waals surface area contributed by atoms with Crippen LogP contribution in [0.4, 0.5) is 8.78 Å². The number of ether oxygens (including phenoxy) is 1. The van der Waals surface area contributed by atoms with Crippen molar-refractivity contribution < 1.29 is 23.1 Å². The Morgan fingerprint density at radius 3 is 2.58 bits per heavy atom. The molecule has 4 rings (SSSR count). The maximum Gasteiger partial charge on any atom is 0.387 e. The number of nitrogens with zero attached hydrogens (tertiary/aromatic N) is 2. The van der Waals surface area contributed by atoms with E-state index < -0.39 is 6.61 Å². The average molecular weight is 478 g/mol. The smallest absolute Gasteiger partial charge is 0.387 e. The largest absolute Gasteiger partial charge is 0.434 e. The van der Waals surface area contributed by atoms with Gasteiger partial charge in [0.2, 0.25) is 5.91 Å². The number of hydrogen-bond donors (Lipinski definition) is 1. The minimum Gasteiger partial charge on any atom is -0.434 e. The summed E-state index contributed by atoms with van der Waals surface area (Å²) in [5.41, 5.74) is 0.791. The number of carbonyl (C=O) groups excluding carboxylic acids is 2. The molecule has 1 aromatic heterocycles. The van der Waals surface area contributed by atoms with Gasteiger partial charge in [-0.3, -0.25) is 9.59 Å². The van der Waals surface area contributed by atoms with Gasteiger partial charge in [-0.2, -0.15) is 8.78 Å². The fourth-order valence-electron chi connectivity index (χ4n) is 4.66. The van der Waals surface area contributed by atoms with Crippen LogP contribution in [0.5, 0.6) is 5.75 Å². The number of hydrogen-bond acceptors (Lipinski definition) is 5. The highest BCUT2D eigenvalue weighted by atomic mass is 32.1. The van der Waals surface area contributed by atoms with Crippen molar-refractivity contribution in [2.45, 2.75) is 64.0 Å². The lowest BCUT2D eigenvalue weighted by Crippen LogP contribution is -2.41. The Bertz CT molecular complexity index is 954. The molecule has 0 spiro atoms. The maximum atomic E-state index is 12.8. The second kappa shape index (κ2) is 11.0. The van der Waals surface area contributed by atoms with Crippen LogP contribution < -0.4 is 10.1 Å². The van der Waals surface area contributed by atoms with Crippen molar-refractivity contribution >= 4 is 23.2 Å². The summed E-state index contributed by atoms with van der Waals surface area (Å²) >= 11 is 1.46. The molecule has 2 heterocycles. The molecule has 178 valence electrons. The normalized spacial score (nSPS) is 17.8. The molecule has 2 aliphatic rings. The van der Waals surface area contributed by atoms with Crippen molar-refractivity contribution in [3.05, 3.63) is 45.9 Å². The molecule has 1 aromatic carbocycles. The number of thiazole rings is 1. The van der Waals surface area contributed by atoms with Crippen LogP contribution in [0.2, 0.25) is 0 Å². The summed E-state index contributed by atoms with van der Waals surface area (Å²) in [5.74, 6) is 0.438. The zero-order chi connectivity index (χ0) is 23.2. The molecule has 9 heteroatoms. The Labute approximate surface area is 196 Å². The molecule has 2 fully saturated rings. The second-order valence-corrected chi connectivity index (χ2v) is 9.56. The summed E-state index contributed by atoms with van der Waals surface area (Å²) in [6.45, 7) is -1.38. The first-order valence-corrected chi connectivity index (χ1v) is 12.4. The van der Waals surface area contributed by atoms with Crippen LogP contribution >= 0.6 is 11.3 Å². The monoisotopic (exact) mass is 477 g/mol. The third-order valence-corrected chi connectivity index (χ3v) is 7.50. The molecule has 1 aliphatic heterocycles. The van der Waals surface area contributed by atoms with E-state index in [1.807, 2.05) is 4.90 Å². The lowest BCUT2D eigenvalue weighted by atomic mass is 9.87. The van der Waals surface area contributed by atoms with Crippen molar-refractivity contribution in [1.29, 1.82) is 0 Å². The first kappa shape index (κ1) is 23.6. The molecule has 0 unspecified atom stereocenters. The summed E-state index contributed by atoms with van der Waals surface area (Å²) in [6.07, 6.45) is 7.28. The van der Waals surface area contributed by atoms with Crippen molar-refractivity contribution in [1.82, 2.24) is 15.2 Å². The first-order chi connectivity index (χ1) is 16.0. The summed E-state index contributed by atoms with van der Waals surface area (Å²) in [4.78, 5) is 31.9. The Balaban J connectivity index is 1.29. The van der Waals surface area contributed by atoms with Gasteiger partial charge in [-0.1, -0.05) is 37.5 Å². The van der Waals surface area contributed by atoms with Gasteiger partial charge in [0.1, 0.15) is 11.4 Å². The van der Waals surface area contributed by atoms with Gasteiger partial charge >= 0.3 is 6.61 Å². The van der Waals surface area contributed by atoms with E-state index >= 15 is 0 Å². The molecular weight excluding hydrogens is 448 g/mol. The number of amides is 2. The molecule has 0 atom stereocenters. The fourth-order valence-corrected chi connectivity index (χ4v) is 5.63. The van der Waals surface area contributed by atoms with Crippen LogP contribution in [0.1, 0.15) is 71.9 Å². The third-order valence-electron chi connectivity index (χ3n) is 6.49. The number of likely N-dealkylation sites (tertiary alicyclic amines) is 1. The molecule has 2 aromatic rings. The average Bonchev–Trinajstić information content (AvgIpc) is 3.34. The van der Waals surface area contributed by atoms with Gasteiger partial charge in [0.05, 0.1) is 5.01 Å². The Morgan fingerprint density at radius 2 is 1.85 bits per heavy atom. The number of carbonyl (C=O) groups is 2. The number of aromatic nitrogens is 1. The number of halogens is 2. The van der Waals surface area contributed by atoms with Crippen LogP contribution in [0.25, 0.3) is 0 Å². The zero-order valence-corrected chi connectivity index (χ0v) is 19.3. The fraction of sp³-hybridized carbons (Fsp3) is 0.542. The number of rotatable bonds is 7. The van der Waals surface area contributed by atoms with Crippen LogP contribution in [-0.4, -0.2) is 41.4 Å². The van der Waals surface area contributed by atoms with E-state index in [2.05, 4.69) is 15.0 Å². The van der Waals surface area contributed by atoms with Gasteiger partial charge in [0.15, 0.2) is 0 Å². The topological polar surface area (TPSA) is 71.5 Å². The van der Waals surface area contributed by atoms with Crippen molar-refractivity contribution in [2.75, 3.05) is 13.1 Å². The minimum absolute atomic E-state index is 0.0429. The van der Waals surface area contributed by atoms with E-state index in [0.29, 0.717) is 17.2 Å². The van der Waals surface area contributed by atoms with E-state index in [0.717, 1.165) is 56.6 Å². The van der Waals surface area contributed by atoms with Crippen LogP contribution in [0, 0.1) is 5.92 Å². The van der Waals surface area contributed by atoms with Crippen molar-refractivity contribution in [3.8, 4) is 5.75 Å². The van der Waals surface area contributed by atoms with E-state index in [-0.39, 0.29) is 30.0 Å². The summed E-state index contributed by atoms with van der Waals surface area (Å²) in [7, 11) is 0. The SMILES string of the molecule is O=C(NCc1ccccc1OC(F)F)c1csc(C2CCN(C(=O)C3CCCCC3)CC2)n1.